The van der Waals surface area contributed by atoms with E-state index in [4.69, 9.17) is 39.6 Å². The molecule has 0 aromatic heterocycles. The van der Waals surface area contributed by atoms with Crippen LogP contribution < -0.4 is 20.4 Å². The fraction of sp³-hybridized carbons (Fsp3) is 0.500. The van der Waals surface area contributed by atoms with E-state index in [9.17, 15) is 0 Å². The largest absolute Gasteiger partial charge is 0.550 e. The zero-order valence-electron chi connectivity index (χ0n) is 10.2. The zero-order chi connectivity index (χ0) is 14.3. The van der Waals surface area contributed by atoms with Crippen molar-refractivity contribution in [1.29, 1.82) is 0 Å². The smallest absolute Gasteiger partial charge is 0.0383 e. The molecule has 0 heterocycles. The normalized spacial score (nSPS) is 5.56. The van der Waals surface area contributed by atoms with Crippen LogP contribution in [0.1, 0.15) is 27.7 Å². The van der Waals surface area contributed by atoms with Crippen LogP contribution >= 0.6 is 12.4 Å². The van der Waals surface area contributed by atoms with Gasteiger partial charge in [-0.25, -0.2) is 0 Å². The third-order valence-electron chi connectivity index (χ3n) is 0. The summed E-state index contributed by atoms with van der Waals surface area (Å²) in [6, 6.07) is 0. The SMILES string of the molecule is CC(=O)[O-].CC(=O)[O-].CC(=O)[O-].CC(=O)[O-].Cl.[Pb]. The van der Waals surface area contributed by atoms with Crippen LogP contribution in [-0.2, 0) is 19.2 Å². The van der Waals surface area contributed by atoms with Crippen LogP contribution in [0, 0.1) is 0 Å². The summed E-state index contributed by atoms with van der Waals surface area (Å²) in [7, 11) is 0. The first-order chi connectivity index (χ1) is 6.93. The topological polar surface area (TPSA) is 161 Å². The summed E-state index contributed by atoms with van der Waals surface area (Å²) in [6.45, 7) is 3.89. The van der Waals surface area contributed by atoms with Crippen LogP contribution in [-0.4, -0.2) is 51.2 Å². The molecule has 0 atom stereocenters. The number of rotatable bonds is 0. The Morgan fingerprint density at radius 1 is 0.556 bits per heavy atom. The van der Waals surface area contributed by atoms with E-state index < -0.39 is 23.9 Å². The van der Waals surface area contributed by atoms with Gasteiger partial charge in [-0.3, -0.25) is 0 Å². The van der Waals surface area contributed by atoms with Crippen LogP contribution in [0.2, 0.25) is 0 Å². The van der Waals surface area contributed by atoms with Crippen molar-refractivity contribution in [2.75, 3.05) is 0 Å². The molecule has 0 aliphatic heterocycles. The molecule has 0 aliphatic rings. The average molecular weight is 480 g/mol. The summed E-state index contributed by atoms with van der Waals surface area (Å²) < 4.78 is 0. The Labute approximate surface area is 131 Å². The van der Waals surface area contributed by atoms with Crippen LogP contribution in [0.5, 0.6) is 0 Å². The minimum Gasteiger partial charge on any atom is -0.550 e. The van der Waals surface area contributed by atoms with Gasteiger partial charge < -0.3 is 39.6 Å². The first-order valence-electron chi connectivity index (χ1n) is 3.63. The summed E-state index contributed by atoms with van der Waals surface area (Å²) in [5, 5.41) is 35.6. The maximum Gasteiger partial charge on any atom is 0.0383 e. The number of hydrogen-bond acceptors (Lipinski definition) is 8. The number of carboxylic acids is 4. The van der Waals surface area contributed by atoms with Crippen molar-refractivity contribution in [3.05, 3.63) is 0 Å². The molecule has 0 amide bonds. The Balaban J connectivity index is -0.0000000257. The number of carbonyl (C=O) groups excluding carboxylic acids is 4. The fourth-order valence-corrected chi connectivity index (χ4v) is 0. The first kappa shape index (κ1) is 36.0. The molecule has 0 aliphatic carbocycles. The predicted molar refractivity (Wildman–Crippen MR) is 55.7 cm³/mol. The van der Waals surface area contributed by atoms with Gasteiger partial charge in [0.05, 0.1) is 0 Å². The molecule has 8 nitrogen and oxygen atoms in total. The van der Waals surface area contributed by atoms with Crippen LogP contribution in [0.4, 0.5) is 0 Å². The molecule has 0 saturated carbocycles. The number of hydrogen-bond donors (Lipinski definition) is 0. The molecule has 18 heavy (non-hydrogen) atoms. The average Bonchev–Trinajstić information content (AvgIpc) is 1.76. The third kappa shape index (κ3) is 3640. The molecular formula is C8H13ClO8Pb-4. The van der Waals surface area contributed by atoms with E-state index >= 15 is 0 Å². The van der Waals surface area contributed by atoms with Crippen LogP contribution in [0.3, 0.4) is 0 Å². The fourth-order valence-electron chi connectivity index (χ4n) is 0. The number of aliphatic carboxylic acids is 4. The van der Waals surface area contributed by atoms with Crippen molar-refractivity contribution >= 4 is 63.6 Å². The Bertz CT molecular complexity index is 167. The Hall–Kier alpha value is -0.908. The first-order valence-corrected chi connectivity index (χ1v) is 3.63. The van der Waals surface area contributed by atoms with Gasteiger partial charge in [-0.15, -0.1) is 12.4 Å². The summed E-state index contributed by atoms with van der Waals surface area (Å²) in [5.41, 5.74) is 0. The van der Waals surface area contributed by atoms with E-state index in [-0.39, 0.29) is 39.7 Å². The second-order valence-electron chi connectivity index (χ2n) is 1.97. The van der Waals surface area contributed by atoms with E-state index in [1.807, 2.05) is 0 Å². The maximum atomic E-state index is 8.89. The second kappa shape index (κ2) is 29.8. The van der Waals surface area contributed by atoms with Crippen LogP contribution in [0.25, 0.3) is 0 Å². The van der Waals surface area contributed by atoms with Gasteiger partial charge in [0.2, 0.25) is 0 Å². The molecule has 0 bridgehead atoms. The molecule has 0 spiro atoms. The third-order valence-corrected chi connectivity index (χ3v) is 0. The Kier molecular flexibility index (Phi) is 59.5. The van der Waals surface area contributed by atoms with Crippen molar-refractivity contribution in [2.24, 2.45) is 0 Å². The molecule has 0 saturated heterocycles. The van der Waals surface area contributed by atoms with Gasteiger partial charge in [-0.2, -0.15) is 0 Å². The van der Waals surface area contributed by atoms with Gasteiger partial charge in [0.1, 0.15) is 0 Å². The molecule has 0 unspecified atom stereocenters. The number of carbonyl (C=O) groups is 4. The second-order valence-corrected chi connectivity index (χ2v) is 1.97. The summed E-state index contributed by atoms with van der Waals surface area (Å²) in [4.78, 5) is 35.6. The van der Waals surface area contributed by atoms with Crippen molar-refractivity contribution < 1.29 is 39.6 Å². The quantitative estimate of drug-likeness (QED) is 0.312. The van der Waals surface area contributed by atoms with Crippen molar-refractivity contribution in [1.82, 2.24) is 0 Å². The molecular weight excluding hydrogens is 467 g/mol. The number of carboxylic acid groups (broad SMARTS) is 4. The van der Waals surface area contributed by atoms with Gasteiger partial charge in [0.25, 0.3) is 0 Å². The van der Waals surface area contributed by atoms with Gasteiger partial charge in [-0.1, -0.05) is 0 Å². The Morgan fingerprint density at radius 3 is 0.556 bits per heavy atom. The van der Waals surface area contributed by atoms with E-state index in [0.717, 1.165) is 27.7 Å². The predicted octanol–water partition coefficient (Wildman–Crippen LogP) is -4.93. The Morgan fingerprint density at radius 2 is 0.556 bits per heavy atom. The maximum absolute atomic E-state index is 8.89. The molecule has 4 radical (unpaired) electrons. The standard InChI is InChI=1S/4C2H4O2.ClH.Pb/c4*1-2(3)4;;/h4*1H3,(H,3,4);1H;/p-4. The van der Waals surface area contributed by atoms with Crippen molar-refractivity contribution in [2.45, 2.75) is 27.7 Å². The van der Waals surface area contributed by atoms with Gasteiger partial charge >= 0.3 is 0 Å². The van der Waals surface area contributed by atoms with Crippen molar-refractivity contribution in [3.8, 4) is 0 Å². The minimum atomic E-state index is -1.08. The minimum absolute atomic E-state index is 0. The molecule has 0 fully saturated rings. The van der Waals surface area contributed by atoms with E-state index in [2.05, 4.69) is 0 Å². The van der Waals surface area contributed by atoms with E-state index in [1.54, 1.807) is 0 Å². The van der Waals surface area contributed by atoms with Crippen molar-refractivity contribution in [3.63, 3.8) is 0 Å². The molecule has 0 aromatic rings. The number of halogens is 1. The monoisotopic (exact) mass is 480 g/mol. The molecule has 0 N–H and O–H groups in total. The molecule has 108 valence electrons. The van der Waals surface area contributed by atoms with Crippen LogP contribution in [0.15, 0.2) is 0 Å². The molecule has 0 rings (SSSR count). The molecule has 10 heteroatoms. The van der Waals surface area contributed by atoms with E-state index in [0.29, 0.717) is 0 Å². The van der Waals surface area contributed by atoms with E-state index in [1.165, 1.54) is 0 Å². The van der Waals surface area contributed by atoms with Gasteiger partial charge in [0, 0.05) is 51.2 Å². The summed E-state index contributed by atoms with van der Waals surface area (Å²) in [6.07, 6.45) is 0. The zero-order valence-corrected chi connectivity index (χ0v) is 14.9. The van der Waals surface area contributed by atoms with Gasteiger partial charge in [0.15, 0.2) is 0 Å². The van der Waals surface area contributed by atoms with Gasteiger partial charge in [-0.05, 0) is 27.7 Å². The summed E-state index contributed by atoms with van der Waals surface area (Å²) in [5.74, 6) is -4.33. The summed E-state index contributed by atoms with van der Waals surface area (Å²) >= 11 is 0. The molecule has 0 aromatic carbocycles.